The van der Waals surface area contributed by atoms with Crippen LogP contribution in [0.15, 0.2) is 65.1 Å². The first-order chi connectivity index (χ1) is 21.6. The third kappa shape index (κ3) is 7.25. The molecule has 4 aliphatic carbocycles. The Labute approximate surface area is 279 Å². The monoisotopic (exact) mass is 662 g/mol. The lowest BCUT2D eigenvalue weighted by Crippen LogP contribution is -2.49. The van der Waals surface area contributed by atoms with Gasteiger partial charge in [0.2, 0.25) is 9.04 Å². The zero-order valence-corrected chi connectivity index (χ0v) is 31.2. The summed E-state index contributed by atoms with van der Waals surface area (Å²) in [6, 6.07) is 13.1. The first-order valence-corrected chi connectivity index (χ1v) is 21.6. The zero-order valence-electron chi connectivity index (χ0n) is 29.2. The Morgan fingerprint density at radius 2 is 1.57 bits per heavy atom. The molecule has 0 aliphatic heterocycles. The molecule has 7 heteroatoms. The predicted molar refractivity (Wildman–Crippen MR) is 191 cm³/mol. The van der Waals surface area contributed by atoms with E-state index in [1.54, 1.807) is 38.1 Å². The van der Waals surface area contributed by atoms with Crippen LogP contribution in [-0.4, -0.2) is 35.3 Å². The van der Waals surface area contributed by atoms with Crippen LogP contribution in [0.3, 0.4) is 0 Å². The normalized spacial score (nSPS) is 25.5. The van der Waals surface area contributed by atoms with E-state index in [-0.39, 0.29) is 28.8 Å². The Bertz CT molecular complexity index is 1560. The Kier molecular flexibility index (Phi) is 10.2. The number of esters is 1. The lowest BCUT2D eigenvalue weighted by Gasteiger charge is -2.58. The summed E-state index contributed by atoms with van der Waals surface area (Å²) < 4.78 is 40.5. The first-order valence-electron chi connectivity index (χ1n) is 17.3. The van der Waals surface area contributed by atoms with Crippen LogP contribution in [0, 0.1) is 17.8 Å². The Morgan fingerprint density at radius 3 is 2.09 bits per heavy atom. The van der Waals surface area contributed by atoms with Gasteiger partial charge in [-0.25, -0.2) is 13.2 Å². The third-order valence-corrected chi connectivity index (χ3v) is 13.1. The molecule has 1 atom stereocenters. The molecular weight excluding hydrogens is 609 g/mol. The second-order valence-corrected chi connectivity index (χ2v) is 20.2. The van der Waals surface area contributed by atoms with Crippen LogP contribution in [-0.2, 0) is 30.2 Å². The molecular formula is C39H54O5SSi. The van der Waals surface area contributed by atoms with Gasteiger partial charge < -0.3 is 9.16 Å². The van der Waals surface area contributed by atoms with Crippen LogP contribution in [0.4, 0.5) is 0 Å². The van der Waals surface area contributed by atoms with Crippen LogP contribution in [0.5, 0.6) is 5.75 Å². The third-order valence-electron chi connectivity index (χ3n) is 10.4. The number of carbonyl (C=O) groups is 1. The van der Waals surface area contributed by atoms with Crippen molar-refractivity contribution in [3.8, 4) is 5.75 Å². The molecule has 0 heterocycles. The van der Waals surface area contributed by atoms with Crippen molar-refractivity contribution in [1.29, 1.82) is 0 Å². The smallest absolute Gasteiger partial charge is 0.330 e. The average molecular weight is 663 g/mol. The molecule has 4 fully saturated rings. The quantitative estimate of drug-likeness (QED) is 0.137. The minimum absolute atomic E-state index is 0.0559. The fourth-order valence-corrected chi connectivity index (χ4v) is 11.5. The number of hydrogen-bond acceptors (Lipinski definition) is 5. The highest BCUT2D eigenvalue weighted by atomic mass is 32.2. The Hall–Kier alpha value is -2.64. The summed E-state index contributed by atoms with van der Waals surface area (Å²) >= 11 is 0. The van der Waals surface area contributed by atoms with Gasteiger partial charge in [-0.2, -0.15) is 0 Å². The fraction of sp³-hybridized carbons (Fsp3) is 0.564. The number of benzene rings is 2. The van der Waals surface area contributed by atoms with Gasteiger partial charge in [0.25, 0.3) is 0 Å². The molecule has 0 saturated heterocycles. The highest BCUT2D eigenvalue weighted by Gasteiger charge is 2.54. The molecule has 0 amide bonds. The molecule has 6 rings (SSSR count). The highest BCUT2D eigenvalue weighted by Crippen LogP contribution is 2.63. The molecule has 2 aromatic rings. The van der Waals surface area contributed by atoms with Gasteiger partial charge in [-0.1, -0.05) is 62.8 Å². The van der Waals surface area contributed by atoms with Crippen molar-refractivity contribution >= 4 is 30.4 Å². The van der Waals surface area contributed by atoms with E-state index in [0.717, 1.165) is 34.6 Å². The maximum absolute atomic E-state index is 14.2. The second kappa shape index (κ2) is 13.5. The minimum Gasteiger partial charge on any atom is -0.546 e. The first kappa shape index (κ1) is 34.7. The van der Waals surface area contributed by atoms with Crippen molar-refractivity contribution in [2.45, 2.75) is 121 Å². The van der Waals surface area contributed by atoms with E-state index in [2.05, 4.69) is 46.0 Å². The molecule has 2 aromatic carbocycles. The summed E-state index contributed by atoms with van der Waals surface area (Å²) in [5, 5.41) is -0.866. The molecule has 4 aliphatic rings. The molecule has 4 bridgehead atoms. The standard InChI is InChI=1S/C39H54O5SSi/c1-9-43-35(40)18-26(2)17-32(45(41,42)31-13-11-10-12-14-31)19-27(3)33-15-16-34(38(4,5)6)36(37(33)44-46(7)8)39-23-28-20-29(24-39)22-30(21-28)25-39/h10-16,18-19,28-30,32,46H,9,17,20-25H2,1-8H3/b26-18+,27-19+. The minimum atomic E-state index is -3.76. The Balaban J connectivity index is 1.68. The van der Waals surface area contributed by atoms with E-state index in [9.17, 15) is 13.2 Å². The Morgan fingerprint density at radius 1 is 0.978 bits per heavy atom. The lowest BCUT2D eigenvalue weighted by molar-refractivity contribution is -0.137. The van der Waals surface area contributed by atoms with Crippen molar-refractivity contribution in [2.24, 2.45) is 17.8 Å². The molecule has 0 N–H and O–H groups in total. The van der Waals surface area contributed by atoms with Gasteiger partial charge in [0.1, 0.15) is 5.75 Å². The van der Waals surface area contributed by atoms with E-state index >= 15 is 0 Å². The predicted octanol–water partition coefficient (Wildman–Crippen LogP) is 8.96. The van der Waals surface area contributed by atoms with Crippen LogP contribution in [0.2, 0.25) is 13.1 Å². The van der Waals surface area contributed by atoms with E-state index in [0.29, 0.717) is 5.57 Å². The van der Waals surface area contributed by atoms with Crippen LogP contribution >= 0.6 is 0 Å². The molecule has 1 unspecified atom stereocenters. The molecule has 5 nitrogen and oxygen atoms in total. The topological polar surface area (TPSA) is 69.7 Å². The van der Waals surface area contributed by atoms with Crippen molar-refractivity contribution in [2.75, 3.05) is 6.61 Å². The van der Waals surface area contributed by atoms with Gasteiger partial charge in [-0.3, -0.25) is 0 Å². The van der Waals surface area contributed by atoms with Crippen molar-refractivity contribution in [3.05, 3.63) is 76.9 Å². The second-order valence-electron chi connectivity index (χ2n) is 15.7. The van der Waals surface area contributed by atoms with E-state index in [1.807, 2.05) is 19.1 Å². The number of carbonyl (C=O) groups excluding carboxylic acids is 1. The van der Waals surface area contributed by atoms with Crippen molar-refractivity contribution < 1.29 is 22.4 Å². The summed E-state index contributed by atoms with van der Waals surface area (Å²) in [6.45, 7) is 17.2. The van der Waals surface area contributed by atoms with Gasteiger partial charge in [0.05, 0.1) is 16.8 Å². The lowest BCUT2D eigenvalue weighted by atomic mass is 9.47. The fourth-order valence-electron chi connectivity index (χ4n) is 8.99. The molecule has 250 valence electrons. The summed E-state index contributed by atoms with van der Waals surface area (Å²) in [5.74, 6) is 2.92. The summed E-state index contributed by atoms with van der Waals surface area (Å²) in [6.07, 6.45) is 11.3. The maximum atomic E-state index is 14.2. The number of ether oxygens (including phenoxy) is 1. The summed E-state index contributed by atoms with van der Waals surface area (Å²) in [5.41, 5.74) is 5.39. The van der Waals surface area contributed by atoms with E-state index in [4.69, 9.17) is 9.16 Å². The summed E-state index contributed by atoms with van der Waals surface area (Å²) in [7, 11) is -5.30. The number of rotatable bonds is 11. The van der Waals surface area contributed by atoms with Gasteiger partial charge in [0, 0.05) is 22.6 Å². The SMILES string of the molecule is CCOC(=O)/C=C(\C)CC(/C=C(\C)c1ccc(C(C)(C)C)c(C23CC4CC(CC(C4)C2)C3)c1O[SiH](C)C)S(=O)(=O)c1ccccc1. The molecule has 4 saturated carbocycles. The number of allylic oxidation sites excluding steroid dienone is 2. The molecule has 0 radical (unpaired) electrons. The number of sulfone groups is 1. The van der Waals surface area contributed by atoms with Crippen molar-refractivity contribution in [3.63, 3.8) is 0 Å². The van der Waals surface area contributed by atoms with Crippen LogP contribution < -0.4 is 4.43 Å². The molecule has 0 spiro atoms. The van der Waals surface area contributed by atoms with Gasteiger partial charge in [-0.05, 0) is 125 Å². The van der Waals surface area contributed by atoms with Gasteiger partial charge in [-0.15, -0.1) is 0 Å². The summed E-state index contributed by atoms with van der Waals surface area (Å²) in [4.78, 5) is 12.6. The zero-order chi connectivity index (χ0) is 33.4. The van der Waals surface area contributed by atoms with Crippen LogP contribution in [0.1, 0.15) is 103 Å². The van der Waals surface area contributed by atoms with Crippen LogP contribution in [0.25, 0.3) is 5.57 Å². The highest BCUT2D eigenvalue weighted by molar-refractivity contribution is 7.92. The molecule has 0 aromatic heterocycles. The molecule has 46 heavy (non-hydrogen) atoms. The number of hydrogen-bond donors (Lipinski definition) is 0. The van der Waals surface area contributed by atoms with Crippen molar-refractivity contribution in [1.82, 2.24) is 0 Å². The maximum Gasteiger partial charge on any atom is 0.330 e. The average Bonchev–Trinajstić information content (AvgIpc) is 2.95. The van der Waals surface area contributed by atoms with E-state index in [1.165, 1.54) is 55.7 Å². The van der Waals surface area contributed by atoms with E-state index < -0.39 is 30.1 Å². The van der Waals surface area contributed by atoms with Gasteiger partial charge >= 0.3 is 5.97 Å². The largest absolute Gasteiger partial charge is 0.546 e. The van der Waals surface area contributed by atoms with Gasteiger partial charge in [0.15, 0.2) is 9.84 Å².